The number of rotatable bonds is 2. The fourth-order valence-corrected chi connectivity index (χ4v) is 1.20. The first-order chi connectivity index (χ1) is 8.72. The summed E-state index contributed by atoms with van der Waals surface area (Å²) in [5.74, 6) is -0.661. The van der Waals surface area contributed by atoms with Crippen molar-refractivity contribution in [2.24, 2.45) is 0 Å². The van der Waals surface area contributed by atoms with Crippen LogP contribution in [0.2, 0.25) is 0 Å². The van der Waals surface area contributed by atoms with Gasteiger partial charge in [-0.1, -0.05) is 0 Å². The topological polar surface area (TPSA) is 82.6 Å². The van der Waals surface area contributed by atoms with Gasteiger partial charge in [-0.05, 0) is 24.3 Å². The van der Waals surface area contributed by atoms with E-state index in [9.17, 15) is 4.39 Å². The molecule has 0 bridgehead atoms. The van der Waals surface area contributed by atoms with Gasteiger partial charge in [-0.3, -0.25) is 0 Å². The molecule has 1 heterocycles. The second-order valence-corrected chi connectivity index (χ2v) is 3.23. The highest BCUT2D eigenvalue weighted by Gasteiger charge is 2.07. The molecule has 0 unspecified atom stereocenters. The molecule has 0 atom stereocenters. The molecule has 0 aliphatic carbocycles. The molecule has 86 valence electrons. The van der Waals surface area contributed by atoms with Crippen molar-refractivity contribution in [2.75, 3.05) is 0 Å². The highest BCUT2D eigenvalue weighted by Crippen LogP contribution is 2.23. The third kappa shape index (κ3) is 2.39. The van der Waals surface area contributed by atoms with Gasteiger partial charge >= 0.3 is 0 Å². The SMILES string of the molecule is N#Cc1ccc(Oc2ccc(C#N)nn2)c(F)c1. The Morgan fingerprint density at radius 2 is 1.89 bits per heavy atom. The molecule has 6 heteroatoms. The van der Waals surface area contributed by atoms with Crippen LogP contribution >= 0.6 is 0 Å². The summed E-state index contributed by atoms with van der Waals surface area (Å²) in [5.41, 5.74) is 0.341. The molecule has 0 spiro atoms. The lowest BCUT2D eigenvalue weighted by Gasteiger charge is -2.04. The summed E-state index contributed by atoms with van der Waals surface area (Å²) in [4.78, 5) is 0. The zero-order chi connectivity index (χ0) is 13.0. The summed E-state index contributed by atoms with van der Waals surface area (Å²) < 4.78 is 18.6. The third-order valence-electron chi connectivity index (χ3n) is 2.03. The number of hydrogen-bond acceptors (Lipinski definition) is 5. The standard InChI is InChI=1S/C12H5FN4O/c13-10-5-8(6-14)1-3-11(10)18-12-4-2-9(7-15)16-17-12/h1-5H. The minimum atomic E-state index is -0.666. The second kappa shape index (κ2) is 4.89. The molecule has 18 heavy (non-hydrogen) atoms. The first kappa shape index (κ1) is 11.5. The van der Waals surface area contributed by atoms with Crippen LogP contribution in [0.15, 0.2) is 30.3 Å². The van der Waals surface area contributed by atoms with Gasteiger partial charge in [-0.25, -0.2) is 4.39 Å². The summed E-state index contributed by atoms with van der Waals surface area (Å²) in [7, 11) is 0. The van der Waals surface area contributed by atoms with Crippen molar-refractivity contribution in [3.05, 3.63) is 47.4 Å². The highest BCUT2D eigenvalue weighted by molar-refractivity contribution is 5.37. The van der Waals surface area contributed by atoms with E-state index in [-0.39, 0.29) is 22.9 Å². The summed E-state index contributed by atoms with van der Waals surface area (Å²) in [6, 6.07) is 10.2. The molecule has 0 saturated heterocycles. The van der Waals surface area contributed by atoms with Crippen molar-refractivity contribution < 1.29 is 9.13 Å². The molecule has 1 aromatic heterocycles. The van der Waals surface area contributed by atoms with Crippen molar-refractivity contribution in [3.8, 4) is 23.8 Å². The van der Waals surface area contributed by atoms with Gasteiger partial charge in [0.25, 0.3) is 0 Å². The number of nitrogens with zero attached hydrogens (tertiary/aromatic N) is 4. The lowest BCUT2D eigenvalue weighted by Crippen LogP contribution is -1.94. The molecule has 0 aliphatic heterocycles. The zero-order valence-corrected chi connectivity index (χ0v) is 8.96. The van der Waals surface area contributed by atoms with Crippen LogP contribution < -0.4 is 4.74 Å². The van der Waals surface area contributed by atoms with Gasteiger partial charge in [0.05, 0.1) is 11.6 Å². The maximum atomic E-state index is 13.5. The second-order valence-electron chi connectivity index (χ2n) is 3.23. The van der Waals surface area contributed by atoms with Gasteiger partial charge in [0.1, 0.15) is 6.07 Å². The van der Waals surface area contributed by atoms with Crippen LogP contribution in [0.5, 0.6) is 11.6 Å². The van der Waals surface area contributed by atoms with Crippen LogP contribution in [0, 0.1) is 28.5 Å². The molecule has 0 aliphatic rings. The molecule has 1 aromatic carbocycles. The molecule has 0 radical (unpaired) electrons. The Balaban J connectivity index is 2.24. The van der Waals surface area contributed by atoms with Crippen molar-refractivity contribution in [2.45, 2.75) is 0 Å². The smallest absolute Gasteiger partial charge is 0.239 e. The molecule has 2 aromatic rings. The zero-order valence-electron chi connectivity index (χ0n) is 8.96. The van der Waals surface area contributed by atoms with E-state index in [4.69, 9.17) is 15.3 Å². The van der Waals surface area contributed by atoms with E-state index in [2.05, 4.69) is 10.2 Å². The van der Waals surface area contributed by atoms with Crippen LogP contribution in [0.3, 0.4) is 0 Å². The van der Waals surface area contributed by atoms with E-state index < -0.39 is 5.82 Å². The molecule has 0 saturated carbocycles. The van der Waals surface area contributed by atoms with Crippen molar-refractivity contribution in [1.82, 2.24) is 10.2 Å². The Morgan fingerprint density at radius 3 is 2.44 bits per heavy atom. The fourth-order valence-electron chi connectivity index (χ4n) is 1.20. The summed E-state index contributed by atoms with van der Waals surface area (Å²) in [6.45, 7) is 0. The minimum absolute atomic E-state index is 0.0620. The Kier molecular flexibility index (Phi) is 3.13. The predicted octanol–water partition coefficient (Wildman–Crippen LogP) is 2.15. The van der Waals surface area contributed by atoms with Crippen molar-refractivity contribution in [3.63, 3.8) is 0 Å². The van der Waals surface area contributed by atoms with Gasteiger partial charge in [0.15, 0.2) is 17.3 Å². The quantitative estimate of drug-likeness (QED) is 0.803. The maximum absolute atomic E-state index is 13.5. The lowest BCUT2D eigenvalue weighted by molar-refractivity contribution is 0.421. The van der Waals surface area contributed by atoms with E-state index in [1.807, 2.05) is 6.07 Å². The average Bonchev–Trinajstić information content (AvgIpc) is 2.42. The van der Waals surface area contributed by atoms with E-state index in [1.54, 1.807) is 6.07 Å². The largest absolute Gasteiger partial charge is 0.434 e. The lowest BCUT2D eigenvalue weighted by atomic mass is 10.2. The molecule has 2 rings (SSSR count). The Morgan fingerprint density at radius 1 is 1.06 bits per heavy atom. The van der Waals surface area contributed by atoms with Crippen LogP contribution in [-0.2, 0) is 0 Å². The number of ether oxygens (including phenoxy) is 1. The van der Waals surface area contributed by atoms with E-state index in [0.29, 0.717) is 0 Å². The van der Waals surface area contributed by atoms with Gasteiger partial charge in [0, 0.05) is 6.07 Å². The van der Waals surface area contributed by atoms with Gasteiger partial charge in [0.2, 0.25) is 5.88 Å². The Hall–Kier alpha value is -2.99. The number of aromatic nitrogens is 2. The summed E-state index contributed by atoms with van der Waals surface area (Å²) in [5, 5.41) is 24.3. The first-order valence-corrected chi connectivity index (χ1v) is 4.84. The van der Waals surface area contributed by atoms with E-state index >= 15 is 0 Å². The molecular formula is C12H5FN4O. The monoisotopic (exact) mass is 240 g/mol. The molecule has 5 nitrogen and oxygen atoms in total. The van der Waals surface area contributed by atoms with Crippen molar-refractivity contribution in [1.29, 1.82) is 10.5 Å². The third-order valence-corrected chi connectivity index (χ3v) is 2.03. The van der Waals surface area contributed by atoms with Crippen LogP contribution in [0.1, 0.15) is 11.3 Å². The molecule has 0 amide bonds. The fraction of sp³-hybridized carbons (Fsp3) is 0. The highest BCUT2D eigenvalue weighted by atomic mass is 19.1. The van der Waals surface area contributed by atoms with E-state index in [0.717, 1.165) is 6.07 Å². The number of halogens is 1. The molecular weight excluding hydrogens is 235 g/mol. The summed E-state index contributed by atoms with van der Waals surface area (Å²) >= 11 is 0. The Labute approximate surface area is 102 Å². The number of benzene rings is 1. The normalized spacial score (nSPS) is 9.28. The molecule has 0 fully saturated rings. The maximum Gasteiger partial charge on any atom is 0.239 e. The van der Waals surface area contributed by atoms with Gasteiger partial charge in [-0.2, -0.15) is 10.5 Å². The minimum Gasteiger partial charge on any atom is -0.434 e. The van der Waals surface area contributed by atoms with Gasteiger partial charge in [-0.15, -0.1) is 10.2 Å². The van der Waals surface area contributed by atoms with Crippen LogP contribution in [-0.4, -0.2) is 10.2 Å². The number of hydrogen-bond donors (Lipinski definition) is 0. The Bertz CT molecular complexity index is 655. The summed E-state index contributed by atoms with van der Waals surface area (Å²) in [6.07, 6.45) is 0. The van der Waals surface area contributed by atoms with Crippen LogP contribution in [0.25, 0.3) is 0 Å². The van der Waals surface area contributed by atoms with Crippen molar-refractivity contribution >= 4 is 0 Å². The van der Waals surface area contributed by atoms with Crippen LogP contribution in [0.4, 0.5) is 4.39 Å². The average molecular weight is 240 g/mol. The first-order valence-electron chi connectivity index (χ1n) is 4.84. The van der Waals surface area contributed by atoms with E-state index in [1.165, 1.54) is 24.3 Å². The van der Waals surface area contributed by atoms with Gasteiger partial charge < -0.3 is 4.74 Å². The number of nitriles is 2. The molecule has 0 N–H and O–H groups in total. The predicted molar refractivity (Wildman–Crippen MR) is 57.9 cm³/mol.